The van der Waals surface area contributed by atoms with E-state index in [0.717, 1.165) is 6.42 Å². The van der Waals surface area contributed by atoms with Crippen LogP contribution in [0.15, 0.2) is 17.7 Å². The molecule has 0 heterocycles. The molecule has 0 bridgehead atoms. The first-order valence-electron chi connectivity index (χ1n) is 4.82. The zero-order valence-electron chi connectivity index (χ0n) is 9.20. The van der Waals surface area contributed by atoms with Crippen LogP contribution >= 0.6 is 24.4 Å². The quantitative estimate of drug-likeness (QED) is 0.569. The minimum atomic E-state index is -0.145. The molecule has 0 amide bonds. The summed E-state index contributed by atoms with van der Waals surface area (Å²) in [5, 5.41) is 0. The maximum absolute atomic E-state index is 3.23. The van der Waals surface area contributed by atoms with Gasteiger partial charge in [-0.25, -0.2) is 0 Å². The SMILES string of the molecule is CC1=Cc2c(C)ccc(C)c2C1.[Br][Zr][Br]. The van der Waals surface area contributed by atoms with Crippen molar-refractivity contribution in [3.05, 3.63) is 40.0 Å². The molecule has 0 saturated carbocycles. The van der Waals surface area contributed by atoms with E-state index in [1.54, 1.807) is 0 Å². The fourth-order valence-electron chi connectivity index (χ4n) is 1.90. The number of hydrogen-bond acceptors (Lipinski definition) is 0. The molecule has 3 heteroatoms. The van der Waals surface area contributed by atoms with Crippen LogP contribution in [0, 0.1) is 13.8 Å². The third kappa shape index (κ3) is 3.64. The molecular weight excluding hydrogens is 395 g/mol. The van der Waals surface area contributed by atoms with Gasteiger partial charge in [0.15, 0.2) is 0 Å². The Labute approximate surface area is 115 Å². The van der Waals surface area contributed by atoms with Crippen LogP contribution in [0.1, 0.15) is 29.2 Å². The third-order valence-corrected chi connectivity index (χ3v) is 2.66. The molecule has 0 N–H and O–H groups in total. The van der Waals surface area contributed by atoms with E-state index < -0.39 is 0 Å². The Morgan fingerprint density at radius 3 is 2.13 bits per heavy atom. The summed E-state index contributed by atoms with van der Waals surface area (Å²) in [6, 6.07) is 4.43. The molecule has 0 radical (unpaired) electrons. The van der Waals surface area contributed by atoms with Gasteiger partial charge in [0.25, 0.3) is 0 Å². The molecule has 0 aromatic heterocycles. The number of halogens is 2. The van der Waals surface area contributed by atoms with Crippen LogP contribution in [0.4, 0.5) is 0 Å². The van der Waals surface area contributed by atoms with Gasteiger partial charge in [-0.3, -0.25) is 0 Å². The van der Waals surface area contributed by atoms with Gasteiger partial charge in [0.1, 0.15) is 0 Å². The van der Waals surface area contributed by atoms with Crippen molar-refractivity contribution in [3.63, 3.8) is 0 Å². The van der Waals surface area contributed by atoms with Crippen molar-refractivity contribution in [1.82, 2.24) is 0 Å². The van der Waals surface area contributed by atoms with Crippen molar-refractivity contribution in [2.45, 2.75) is 27.2 Å². The Bertz CT molecular complexity index is 383. The van der Waals surface area contributed by atoms with Gasteiger partial charge in [-0.1, -0.05) is 23.8 Å². The van der Waals surface area contributed by atoms with Gasteiger partial charge in [-0.05, 0) is 49.4 Å². The number of aryl methyl sites for hydroxylation is 2. The molecule has 1 aromatic carbocycles. The Morgan fingerprint density at radius 1 is 1.07 bits per heavy atom. The summed E-state index contributed by atoms with van der Waals surface area (Å²) in [6.07, 6.45) is 3.47. The van der Waals surface area contributed by atoms with Crippen molar-refractivity contribution >= 4 is 30.5 Å². The standard InChI is InChI=1S/C12H14.2BrH.Zr/c1-8-6-11-9(2)4-5-10(3)12(11)7-8;;;/h4-6H,7H2,1-3H3;2*1H;/q;;;+2/p-2. The average molecular weight is 409 g/mol. The van der Waals surface area contributed by atoms with Crippen LogP contribution in [0.25, 0.3) is 6.08 Å². The van der Waals surface area contributed by atoms with Crippen LogP contribution in [0.2, 0.25) is 0 Å². The van der Waals surface area contributed by atoms with E-state index in [4.69, 9.17) is 0 Å². The summed E-state index contributed by atoms with van der Waals surface area (Å²) >= 11 is 6.32. The van der Waals surface area contributed by atoms with E-state index in [9.17, 15) is 0 Å². The number of fused-ring (bicyclic) bond motifs is 1. The summed E-state index contributed by atoms with van der Waals surface area (Å²) in [5.41, 5.74) is 7.33. The number of hydrogen-bond donors (Lipinski definition) is 0. The maximum atomic E-state index is 3.23. The Balaban J connectivity index is 0.000000337. The summed E-state index contributed by atoms with van der Waals surface area (Å²) in [5.74, 6) is 0. The summed E-state index contributed by atoms with van der Waals surface area (Å²) in [7, 11) is 0. The predicted molar refractivity (Wildman–Crippen MR) is 71.1 cm³/mol. The molecule has 2 rings (SSSR count). The number of benzene rings is 1. The van der Waals surface area contributed by atoms with Gasteiger partial charge < -0.3 is 0 Å². The van der Waals surface area contributed by atoms with Gasteiger partial charge in [-0.15, -0.1) is 0 Å². The first-order valence-corrected chi connectivity index (χ1v) is 16.1. The predicted octanol–water partition coefficient (Wildman–Crippen LogP) is 4.95. The molecule has 0 atom stereocenters. The molecule has 0 unspecified atom stereocenters. The first kappa shape index (κ1) is 13.9. The van der Waals surface area contributed by atoms with Crippen LogP contribution in [-0.4, -0.2) is 0 Å². The molecule has 1 aliphatic carbocycles. The van der Waals surface area contributed by atoms with Crippen molar-refractivity contribution in [3.8, 4) is 0 Å². The van der Waals surface area contributed by atoms with Gasteiger partial charge in [0, 0.05) is 0 Å². The molecule has 80 valence electrons. The second-order valence-corrected chi connectivity index (χ2v) is 15.2. The van der Waals surface area contributed by atoms with E-state index in [-0.39, 0.29) is 18.5 Å². The van der Waals surface area contributed by atoms with Gasteiger partial charge in [-0.2, -0.15) is 0 Å². The molecular formula is C12H14Br2Zr. The molecule has 0 fully saturated rings. The fourth-order valence-corrected chi connectivity index (χ4v) is 1.90. The zero-order valence-corrected chi connectivity index (χ0v) is 14.8. The monoisotopic (exact) mass is 406 g/mol. The summed E-state index contributed by atoms with van der Waals surface area (Å²) in [6.45, 7) is 6.59. The zero-order chi connectivity index (χ0) is 11.4. The second-order valence-electron chi connectivity index (χ2n) is 3.83. The van der Waals surface area contributed by atoms with Gasteiger partial charge in [0.05, 0.1) is 0 Å². The first-order chi connectivity index (χ1) is 7.10. The van der Waals surface area contributed by atoms with E-state index in [1.807, 2.05) is 0 Å². The summed E-state index contributed by atoms with van der Waals surface area (Å²) < 4.78 is 0. The van der Waals surface area contributed by atoms with Crippen molar-refractivity contribution in [2.75, 3.05) is 0 Å². The van der Waals surface area contributed by atoms with E-state index in [1.165, 1.54) is 27.8 Å². The van der Waals surface area contributed by atoms with Crippen molar-refractivity contribution in [2.24, 2.45) is 0 Å². The normalized spacial score (nSPS) is 12.5. The minimum absolute atomic E-state index is 0.145. The van der Waals surface area contributed by atoms with E-state index in [0.29, 0.717) is 0 Å². The average Bonchev–Trinajstić information content (AvgIpc) is 2.56. The fraction of sp³-hybridized carbons (Fsp3) is 0.333. The van der Waals surface area contributed by atoms with Crippen molar-refractivity contribution < 1.29 is 18.5 Å². The number of rotatable bonds is 0. The topological polar surface area (TPSA) is 0 Å². The molecule has 15 heavy (non-hydrogen) atoms. The Morgan fingerprint density at radius 2 is 1.60 bits per heavy atom. The van der Waals surface area contributed by atoms with Gasteiger partial charge in [0.2, 0.25) is 0 Å². The molecule has 0 nitrogen and oxygen atoms in total. The van der Waals surface area contributed by atoms with Gasteiger partial charge >= 0.3 is 43.0 Å². The summed E-state index contributed by atoms with van der Waals surface area (Å²) in [4.78, 5) is 0. The molecule has 0 saturated heterocycles. The van der Waals surface area contributed by atoms with E-state index >= 15 is 0 Å². The van der Waals surface area contributed by atoms with Crippen LogP contribution in [-0.2, 0) is 25.0 Å². The van der Waals surface area contributed by atoms with Crippen molar-refractivity contribution in [1.29, 1.82) is 0 Å². The van der Waals surface area contributed by atoms with Crippen LogP contribution in [0.5, 0.6) is 0 Å². The molecule has 1 aliphatic rings. The van der Waals surface area contributed by atoms with Crippen LogP contribution < -0.4 is 0 Å². The Hall–Kier alpha value is 0.803. The second kappa shape index (κ2) is 6.52. The number of allylic oxidation sites excluding steroid dienone is 1. The molecule has 0 spiro atoms. The van der Waals surface area contributed by atoms with E-state index in [2.05, 4.69) is 63.4 Å². The molecule has 1 aromatic rings. The molecule has 0 aliphatic heterocycles. The third-order valence-electron chi connectivity index (χ3n) is 2.66. The van der Waals surface area contributed by atoms with Crippen LogP contribution in [0.3, 0.4) is 0 Å². The Kier molecular flexibility index (Phi) is 6.02.